The number of esters is 3. The minimum atomic E-state index is -0.722. The SMILES string of the molecule is CC(=O)O[C@@H]1C[C@@H]2[C@]3(CC[C@]4(C)[C@@H]([C@H](C)[C@@H]5CC=C(C)C(=O)O5)CC[C@@]24C)C[C@@]32C=CC(=O)OC(C)(C)[C@H]12. The van der Waals surface area contributed by atoms with Crippen LogP contribution in [-0.2, 0) is 28.6 Å². The summed E-state index contributed by atoms with van der Waals surface area (Å²) in [4.78, 5) is 37.4. The van der Waals surface area contributed by atoms with Gasteiger partial charge in [0.15, 0.2) is 0 Å². The highest BCUT2D eigenvalue weighted by Gasteiger charge is 2.83. The van der Waals surface area contributed by atoms with Gasteiger partial charge in [-0.3, -0.25) is 4.79 Å². The number of fused-ring (bicyclic) bond motifs is 2. The van der Waals surface area contributed by atoms with Crippen LogP contribution in [0.15, 0.2) is 23.8 Å². The molecule has 208 valence electrons. The predicted octanol–water partition coefficient (Wildman–Crippen LogP) is 5.94. The molecule has 2 spiro atoms. The molecule has 0 N–H and O–H groups in total. The Hall–Kier alpha value is -2.11. The maximum absolute atomic E-state index is 12.6. The minimum absolute atomic E-state index is 0.0568. The van der Waals surface area contributed by atoms with Gasteiger partial charge in [0.1, 0.15) is 17.8 Å². The number of hydrogen-bond acceptors (Lipinski definition) is 6. The standard InChI is InChI=1S/C32H44O6/c1-18-8-9-22(37-27(18)35)19(2)21-10-12-30(7)24-16-23(36-20(3)33)26-28(4,5)38-25(34)11-13-32(26)17-31(24,32)15-14-29(21,30)6/h8,11,13,19,21-24,26H,9-10,12,14-17H2,1-7H3/t19-,21+,22-,23+,24-,26-,29+,30-,31-,32+/m0/s1. The number of ether oxygens (including phenoxy) is 3. The molecule has 4 aliphatic carbocycles. The largest absolute Gasteiger partial charge is 0.462 e. The second kappa shape index (κ2) is 7.97. The highest BCUT2D eigenvalue weighted by Crippen LogP contribution is 2.87. The van der Waals surface area contributed by atoms with Gasteiger partial charge in [0.05, 0.1) is 0 Å². The van der Waals surface area contributed by atoms with Gasteiger partial charge in [-0.25, -0.2) is 9.59 Å². The molecule has 2 heterocycles. The third kappa shape index (κ3) is 3.21. The third-order valence-corrected chi connectivity index (χ3v) is 12.8. The van der Waals surface area contributed by atoms with E-state index in [0.717, 1.165) is 44.9 Å². The number of allylic oxidation sites excluding steroid dienone is 1. The molecular weight excluding hydrogens is 480 g/mol. The van der Waals surface area contributed by atoms with Gasteiger partial charge in [-0.1, -0.05) is 32.9 Å². The molecule has 0 saturated heterocycles. The van der Waals surface area contributed by atoms with Gasteiger partial charge in [0.25, 0.3) is 0 Å². The molecule has 2 aliphatic heterocycles. The zero-order valence-corrected chi connectivity index (χ0v) is 24.1. The first kappa shape index (κ1) is 26.1. The van der Waals surface area contributed by atoms with E-state index >= 15 is 0 Å². The van der Waals surface area contributed by atoms with Crippen LogP contribution in [0.2, 0.25) is 0 Å². The summed E-state index contributed by atoms with van der Waals surface area (Å²) < 4.78 is 18.0. The van der Waals surface area contributed by atoms with Crippen molar-refractivity contribution in [2.75, 3.05) is 0 Å². The second-order valence-electron chi connectivity index (χ2n) is 14.6. The van der Waals surface area contributed by atoms with Crippen molar-refractivity contribution in [3.05, 3.63) is 23.8 Å². The Morgan fingerprint density at radius 3 is 2.53 bits per heavy atom. The fourth-order valence-corrected chi connectivity index (χ4v) is 11.0. The quantitative estimate of drug-likeness (QED) is 0.336. The second-order valence-corrected chi connectivity index (χ2v) is 14.6. The molecule has 0 amide bonds. The van der Waals surface area contributed by atoms with Crippen molar-refractivity contribution < 1.29 is 28.6 Å². The third-order valence-electron chi connectivity index (χ3n) is 12.8. The van der Waals surface area contributed by atoms with Crippen LogP contribution in [0.3, 0.4) is 0 Å². The first-order chi connectivity index (χ1) is 17.7. The lowest BCUT2D eigenvalue weighted by molar-refractivity contribution is -0.199. The Balaban J connectivity index is 1.38. The summed E-state index contributed by atoms with van der Waals surface area (Å²) in [5, 5.41) is 0. The lowest BCUT2D eigenvalue weighted by atomic mass is 9.43. The molecule has 0 bridgehead atoms. The van der Waals surface area contributed by atoms with Gasteiger partial charge in [0.2, 0.25) is 0 Å². The smallest absolute Gasteiger partial charge is 0.333 e. The molecule has 6 nitrogen and oxygen atoms in total. The van der Waals surface area contributed by atoms with Crippen LogP contribution in [0, 0.1) is 45.3 Å². The summed E-state index contributed by atoms with van der Waals surface area (Å²) >= 11 is 0. The van der Waals surface area contributed by atoms with E-state index in [1.807, 2.05) is 26.8 Å². The highest BCUT2D eigenvalue weighted by atomic mass is 16.6. The molecule has 0 aromatic carbocycles. The summed E-state index contributed by atoms with van der Waals surface area (Å²) in [5.74, 6) is 0.323. The number of hydrogen-bond donors (Lipinski definition) is 0. The van der Waals surface area contributed by atoms with E-state index in [1.165, 1.54) is 6.92 Å². The zero-order valence-electron chi connectivity index (χ0n) is 24.1. The number of cyclic esters (lactones) is 2. The van der Waals surface area contributed by atoms with Crippen LogP contribution in [-0.4, -0.2) is 35.7 Å². The maximum atomic E-state index is 12.6. The van der Waals surface area contributed by atoms with Crippen molar-refractivity contribution in [3.63, 3.8) is 0 Å². The van der Waals surface area contributed by atoms with E-state index in [4.69, 9.17) is 14.2 Å². The van der Waals surface area contributed by atoms with Gasteiger partial charge in [-0.05, 0) is 93.3 Å². The topological polar surface area (TPSA) is 78.9 Å². The Kier molecular flexibility index (Phi) is 5.48. The van der Waals surface area contributed by atoms with Gasteiger partial charge >= 0.3 is 17.9 Å². The lowest BCUT2D eigenvalue weighted by Gasteiger charge is -2.62. The first-order valence-electron chi connectivity index (χ1n) is 14.7. The minimum Gasteiger partial charge on any atom is -0.462 e. The average molecular weight is 525 g/mol. The van der Waals surface area contributed by atoms with E-state index in [2.05, 4.69) is 26.8 Å². The van der Waals surface area contributed by atoms with E-state index in [0.29, 0.717) is 17.4 Å². The Bertz CT molecular complexity index is 1150. The molecule has 6 aliphatic rings. The molecule has 0 unspecified atom stereocenters. The van der Waals surface area contributed by atoms with Crippen LogP contribution in [0.1, 0.15) is 93.4 Å². The summed E-state index contributed by atoms with van der Waals surface area (Å²) in [6, 6.07) is 0. The van der Waals surface area contributed by atoms with Crippen LogP contribution in [0.25, 0.3) is 0 Å². The van der Waals surface area contributed by atoms with Gasteiger partial charge in [-0.2, -0.15) is 0 Å². The fourth-order valence-electron chi connectivity index (χ4n) is 11.0. The first-order valence-corrected chi connectivity index (χ1v) is 14.7. The monoisotopic (exact) mass is 524 g/mol. The molecule has 0 aromatic heterocycles. The highest BCUT2D eigenvalue weighted by molar-refractivity contribution is 5.88. The summed E-state index contributed by atoms with van der Waals surface area (Å²) in [6.45, 7) is 14.6. The number of rotatable bonds is 3. The number of carbonyl (C=O) groups excluding carboxylic acids is 3. The van der Waals surface area contributed by atoms with Crippen LogP contribution < -0.4 is 0 Å². The Labute approximate surface area is 226 Å². The molecule has 6 heteroatoms. The van der Waals surface area contributed by atoms with Crippen molar-refractivity contribution in [2.24, 2.45) is 45.3 Å². The molecular formula is C32H44O6. The Morgan fingerprint density at radius 2 is 1.84 bits per heavy atom. The van der Waals surface area contributed by atoms with E-state index in [1.54, 1.807) is 6.08 Å². The van der Waals surface area contributed by atoms with E-state index < -0.39 is 5.60 Å². The molecule has 38 heavy (non-hydrogen) atoms. The molecule has 10 atom stereocenters. The normalized spacial score (nSPS) is 49.1. The maximum Gasteiger partial charge on any atom is 0.333 e. The predicted molar refractivity (Wildman–Crippen MR) is 142 cm³/mol. The van der Waals surface area contributed by atoms with Crippen molar-refractivity contribution in [2.45, 2.75) is 111 Å². The summed E-state index contributed by atoms with van der Waals surface area (Å²) in [6.07, 6.45) is 12.6. The fraction of sp³-hybridized carbons (Fsp3) is 0.781. The zero-order chi connectivity index (χ0) is 27.5. The van der Waals surface area contributed by atoms with Gasteiger partial charge < -0.3 is 14.2 Å². The van der Waals surface area contributed by atoms with E-state index in [9.17, 15) is 14.4 Å². The van der Waals surface area contributed by atoms with Crippen molar-refractivity contribution in [1.82, 2.24) is 0 Å². The molecule has 6 rings (SSSR count). The number of carbonyl (C=O) groups is 3. The molecule has 0 radical (unpaired) electrons. The van der Waals surface area contributed by atoms with Gasteiger partial charge in [0, 0.05) is 36.3 Å². The van der Waals surface area contributed by atoms with Crippen LogP contribution in [0.4, 0.5) is 0 Å². The summed E-state index contributed by atoms with van der Waals surface area (Å²) in [5.41, 5.74) is 0.0558. The Morgan fingerprint density at radius 1 is 1.11 bits per heavy atom. The van der Waals surface area contributed by atoms with E-state index in [-0.39, 0.29) is 63.6 Å². The van der Waals surface area contributed by atoms with Crippen LogP contribution >= 0.6 is 0 Å². The lowest BCUT2D eigenvalue weighted by Crippen LogP contribution is -2.60. The van der Waals surface area contributed by atoms with Crippen molar-refractivity contribution >= 4 is 17.9 Å². The van der Waals surface area contributed by atoms with Crippen molar-refractivity contribution in [1.29, 1.82) is 0 Å². The van der Waals surface area contributed by atoms with Crippen molar-refractivity contribution in [3.8, 4) is 0 Å². The molecule has 4 saturated carbocycles. The summed E-state index contributed by atoms with van der Waals surface area (Å²) in [7, 11) is 0. The average Bonchev–Trinajstić information content (AvgIpc) is 3.42. The molecule has 4 fully saturated rings. The van der Waals surface area contributed by atoms with Crippen LogP contribution in [0.5, 0.6) is 0 Å². The molecule has 0 aromatic rings. The van der Waals surface area contributed by atoms with Gasteiger partial charge in [-0.15, -0.1) is 0 Å².